The highest BCUT2D eigenvalue weighted by Gasteiger charge is 2.18. The highest BCUT2D eigenvalue weighted by atomic mass is 19.1. The van der Waals surface area contributed by atoms with Crippen LogP contribution in [0.5, 0.6) is 0 Å². The fourth-order valence-electron chi connectivity index (χ4n) is 2.24. The van der Waals surface area contributed by atoms with Crippen LogP contribution in [0.3, 0.4) is 0 Å². The van der Waals surface area contributed by atoms with E-state index in [1.807, 2.05) is 0 Å². The summed E-state index contributed by atoms with van der Waals surface area (Å²) in [6.45, 7) is 0.840. The molecule has 0 atom stereocenters. The summed E-state index contributed by atoms with van der Waals surface area (Å²) >= 11 is 0. The largest absolute Gasteiger partial charge is 0.345 e. The van der Waals surface area contributed by atoms with Crippen molar-refractivity contribution < 1.29 is 23.2 Å². The van der Waals surface area contributed by atoms with Crippen LogP contribution in [0.2, 0.25) is 0 Å². The number of benzene rings is 1. The first kappa shape index (κ1) is 16.9. The summed E-state index contributed by atoms with van der Waals surface area (Å²) in [5.74, 6) is -3.37. The Morgan fingerprint density at radius 2 is 1.74 bits per heavy atom. The molecule has 0 unspecified atom stereocenters. The molecule has 1 aromatic rings. The summed E-state index contributed by atoms with van der Waals surface area (Å²) in [5, 5.41) is 4.61. The first-order valence-corrected chi connectivity index (χ1v) is 7.25. The van der Waals surface area contributed by atoms with Crippen LogP contribution in [-0.2, 0) is 9.59 Å². The summed E-state index contributed by atoms with van der Waals surface area (Å²) in [6, 6.07) is 2.53. The number of hydrogen-bond acceptors (Lipinski definition) is 3. The van der Waals surface area contributed by atoms with Gasteiger partial charge in [0.05, 0.1) is 18.7 Å². The molecule has 1 aliphatic heterocycles. The molecular weight excluding hydrogens is 308 g/mol. The maximum atomic E-state index is 13.4. The van der Waals surface area contributed by atoms with Gasteiger partial charge >= 0.3 is 0 Å². The summed E-state index contributed by atoms with van der Waals surface area (Å²) in [5.41, 5.74) is -0.354. The highest BCUT2D eigenvalue weighted by molar-refractivity contribution is 5.97. The second-order valence-corrected chi connectivity index (χ2v) is 5.17. The zero-order chi connectivity index (χ0) is 16.8. The Balaban J connectivity index is 1.75. The Labute approximate surface area is 131 Å². The third kappa shape index (κ3) is 4.73. The number of carbonyl (C=O) groups is 3. The van der Waals surface area contributed by atoms with Gasteiger partial charge in [0.25, 0.3) is 5.91 Å². The van der Waals surface area contributed by atoms with Crippen molar-refractivity contribution in [1.29, 1.82) is 0 Å². The Morgan fingerprint density at radius 3 is 2.39 bits per heavy atom. The molecule has 2 rings (SSSR count). The Hall–Kier alpha value is -2.51. The highest BCUT2D eigenvalue weighted by Crippen LogP contribution is 2.09. The number of amides is 3. The molecule has 0 bridgehead atoms. The molecule has 1 heterocycles. The first-order chi connectivity index (χ1) is 11.0. The van der Waals surface area contributed by atoms with E-state index in [-0.39, 0.29) is 18.0 Å². The number of hydrogen-bond donors (Lipinski definition) is 2. The van der Waals surface area contributed by atoms with Gasteiger partial charge in [-0.1, -0.05) is 0 Å². The molecule has 0 radical (unpaired) electrons. The minimum Gasteiger partial charge on any atom is -0.345 e. The van der Waals surface area contributed by atoms with E-state index < -0.39 is 30.0 Å². The van der Waals surface area contributed by atoms with Gasteiger partial charge in [0.15, 0.2) is 0 Å². The molecule has 1 saturated heterocycles. The van der Waals surface area contributed by atoms with Crippen molar-refractivity contribution in [2.24, 2.45) is 0 Å². The maximum Gasteiger partial charge on any atom is 0.254 e. The topological polar surface area (TPSA) is 78.5 Å². The van der Waals surface area contributed by atoms with Crippen molar-refractivity contribution in [3.63, 3.8) is 0 Å². The predicted molar refractivity (Wildman–Crippen MR) is 77.5 cm³/mol. The van der Waals surface area contributed by atoms with Crippen LogP contribution in [-0.4, -0.2) is 48.8 Å². The van der Waals surface area contributed by atoms with Gasteiger partial charge in [-0.2, -0.15) is 0 Å². The van der Waals surface area contributed by atoms with Gasteiger partial charge in [-0.15, -0.1) is 0 Å². The third-order valence-corrected chi connectivity index (χ3v) is 3.48. The zero-order valence-electron chi connectivity index (χ0n) is 12.4. The van der Waals surface area contributed by atoms with Gasteiger partial charge < -0.3 is 15.5 Å². The first-order valence-electron chi connectivity index (χ1n) is 7.25. The van der Waals surface area contributed by atoms with Crippen LogP contribution in [0.25, 0.3) is 0 Å². The van der Waals surface area contributed by atoms with Gasteiger partial charge in [0, 0.05) is 19.2 Å². The number of likely N-dealkylation sites (tertiary alicyclic amines) is 1. The molecule has 1 aromatic carbocycles. The van der Waals surface area contributed by atoms with E-state index in [0.717, 1.165) is 25.0 Å². The Kier molecular flexibility index (Phi) is 5.61. The van der Waals surface area contributed by atoms with Crippen molar-refractivity contribution in [3.05, 3.63) is 35.4 Å². The smallest absolute Gasteiger partial charge is 0.254 e. The molecule has 124 valence electrons. The van der Waals surface area contributed by atoms with Crippen molar-refractivity contribution in [2.45, 2.75) is 12.8 Å². The van der Waals surface area contributed by atoms with Crippen LogP contribution < -0.4 is 10.6 Å². The van der Waals surface area contributed by atoms with Crippen LogP contribution in [0.4, 0.5) is 8.78 Å². The normalized spacial score (nSPS) is 13.7. The van der Waals surface area contributed by atoms with Crippen molar-refractivity contribution >= 4 is 17.7 Å². The van der Waals surface area contributed by atoms with Gasteiger partial charge in [-0.3, -0.25) is 14.4 Å². The van der Waals surface area contributed by atoms with E-state index in [0.29, 0.717) is 19.2 Å². The standard InChI is InChI=1S/C15H17F2N3O3/c16-10-3-4-11(12(17)7-10)15(23)19-8-13(21)18-9-14(22)20-5-1-2-6-20/h3-4,7H,1-2,5-6,8-9H2,(H,18,21)(H,19,23). The van der Waals surface area contributed by atoms with E-state index in [1.54, 1.807) is 4.90 Å². The predicted octanol–water partition coefficient (Wildman–Crippen LogP) is 0.433. The molecule has 2 N–H and O–H groups in total. The minimum absolute atomic E-state index is 0.139. The lowest BCUT2D eigenvalue weighted by Gasteiger charge is -2.15. The van der Waals surface area contributed by atoms with Crippen LogP contribution in [0.15, 0.2) is 18.2 Å². The average molecular weight is 325 g/mol. The van der Waals surface area contributed by atoms with E-state index in [4.69, 9.17) is 0 Å². The monoisotopic (exact) mass is 325 g/mol. The molecule has 23 heavy (non-hydrogen) atoms. The van der Waals surface area contributed by atoms with E-state index >= 15 is 0 Å². The molecule has 0 spiro atoms. The molecule has 8 heteroatoms. The van der Waals surface area contributed by atoms with Crippen LogP contribution >= 0.6 is 0 Å². The summed E-state index contributed by atoms with van der Waals surface area (Å²) in [6.07, 6.45) is 1.91. The summed E-state index contributed by atoms with van der Waals surface area (Å²) in [4.78, 5) is 36.7. The van der Waals surface area contributed by atoms with E-state index in [1.165, 1.54) is 0 Å². The molecule has 6 nitrogen and oxygen atoms in total. The van der Waals surface area contributed by atoms with E-state index in [9.17, 15) is 23.2 Å². The van der Waals surface area contributed by atoms with Crippen molar-refractivity contribution in [2.75, 3.05) is 26.2 Å². The number of halogens is 2. The van der Waals surface area contributed by atoms with Gasteiger partial charge in [0.2, 0.25) is 11.8 Å². The third-order valence-electron chi connectivity index (χ3n) is 3.48. The molecule has 0 aliphatic carbocycles. The lowest BCUT2D eigenvalue weighted by molar-refractivity contribution is -0.131. The molecular formula is C15H17F2N3O3. The molecule has 1 aliphatic rings. The molecule has 0 aromatic heterocycles. The van der Waals surface area contributed by atoms with Gasteiger partial charge in [0.1, 0.15) is 11.6 Å². The quantitative estimate of drug-likeness (QED) is 0.824. The second-order valence-electron chi connectivity index (χ2n) is 5.17. The average Bonchev–Trinajstić information content (AvgIpc) is 3.04. The Morgan fingerprint density at radius 1 is 1.04 bits per heavy atom. The number of nitrogens with zero attached hydrogens (tertiary/aromatic N) is 1. The zero-order valence-corrected chi connectivity index (χ0v) is 12.4. The number of nitrogens with one attached hydrogen (secondary N) is 2. The van der Waals surface area contributed by atoms with Gasteiger partial charge in [-0.05, 0) is 25.0 Å². The molecule has 0 saturated carbocycles. The minimum atomic E-state index is -1.01. The molecule has 1 fully saturated rings. The number of carbonyl (C=O) groups excluding carboxylic acids is 3. The summed E-state index contributed by atoms with van der Waals surface area (Å²) in [7, 11) is 0. The van der Waals surface area contributed by atoms with Crippen molar-refractivity contribution in [1.82, 2.24) is 15.5 Å². The number of rotatable bonds is 5. The van der Waals surface area contributed by atoms with Gasteiger partial charge in [-0.25, -0.2) is 8.78 Å². The van der Waals surface area contributed by atoms with E-state index in [2.05, 4.69) is 10.6 Å². The molecule has 3 amide bonds. The SMILES string of the molecule is O=C(CNC(=O)c1ccc(F)cc1F)NCC(=O)N1CCCC1. The fraction of sp³-hybridized carbons (Fsp3) is 0.400. The van der Waals surface area contributed by atoms with Crippen LogP contribution in [0, 0.1) is 11.6 Å². The van der Waals surface area contributed by atoms with Crippen molar-refractivity contribution in [3.8, 4) is 0 Å². The second kappa shape index (κ2) is 7.66. The summed E-state index contributed by atoms with van der Waals surface area (Å²) < 4.78 is 26.2. The lowest BCUT2D eigenvalue weighted by atomic mass is 10.2. The maximum absolute atomic E-state index is 13.4. The Bertz CT molecular complexity index is 616. The lowest BCUT2D eigenvalue weighted by Crippen LogP contribution is -2.42. The van der Waals surface area contributed by atoms with Crippen LogP contribution in [0.1, 0.15) is 23.2 Å². The fourth-order valence-corrected chi connectivity index (χ4v) is 2.24.